The van der Waals surface area contributed by atoms with E-state index in [1.807, 2.05) is 24.3 Å². The van der Waals surface area contributed by atoms with Gasteiger partial charge in [0.05, 0.1) is 5.56 Å². The Labute approximate surface area is 112 Å². The average molecular weight is 256 g/mol. The molecule has 5 nitrogen and oxygen atoms in total. The number of benzene rings is 1. The molecule has 1 aromatic carbocycles. The van der Waals surface area contributed by atoms with E-state index in [9.17, 15) is 4.79 Å². The predicted molar refractivity (Wildman–Crippen MR) is 76.4 cm³/mol. The van der Waals surface area contributed by atoms with E-state index in [4.69, 9.17) is 5.73 Å². The maximum Gasteiger partial charge on any atom is 0.254 e. The fraction of sp³-hybridized carbons (Fsp3) is 0.143. The van der Waals surface area contributed by atoms with Crippen molar-refractivity contribution in [3.63, 3.8) is 0 Å². The molecule has 0 bridgehead atoms. The van der Waals surface area contributed by atoms with Gasteiger partial charge in [0.1, 0.15) is 5.82 Å². The first-order valence-corrected chi connectivity index (χ1v) is 5.86. The molecule has 0 aliphatic carbocycles. The van der Waals surface area contributed by atoms with E-state index in [0.29, 0.717) is 17.1 Å². The predicted octanol–water partition coefficient (Wildman–Crippen LogP) is 2.11. The van der Waals surface area contributed by atoms with E-state index in [-0.39, 0.29) is 5.91 Å². The number of pyridine rings is 1. The highest BCUT2D eigenvalue weighted by Gasteiger charge is 2.07. The Morgan fingerprint density at radius 2 is 1.84 bits per heavy atom. The van der Waals surface area contributed by atoms with Gasteiger partial charge in [-0.1, -0.05) is 0 Å². The van der Waals surface area contributed by atoms with Gasteiger partial charge in [-0.3, -0.25) is 4.79 Å². The lowest BCUT2D eigenvalue weighted by Crippen LogP contribution is -2.21. The second-order valence-corrected chi connectivity index (χ2v) is 4.38. The van der Waals surface area contributed by atoms with Crippen LogP contribution in [0.3, 0.4) is 0 Å². The summed E-state index contributed by atoms with van der Waals surface area (Å²) in [6.45, 7) is 0. The number of carbonyl (C=O) groups excluding carboxylic acids is 1. The standard InChI is InChI=1S/C14H16N4O/c1-18(2)14(19)10-3-8-13(16-9-10)17-12-6-4-11(15)5-7-12/h3-9H,15H2,1-2H3,(H,16,17). The number of rotatable bonds is 3. The van der Waals surface area contributed by atoms with E-state index in [2.05, 4.69) is 10.3 Å². The molecule has 0 unspecified atom stereocenters. The molecular weight excluding hydrogens is 240 g/mol. The Bertz CT molecular complexity index is 561. The Kier molecular flexibility index (Phi) is 3.66. The van der Waals surface area contributed by atoms with E-state index in [1.54, 1.807) is 32.4 Å². The minimum atomic E-state index is -0.0634. The van der Waals surface area contributed by atoms with Crippen LogP contribution in [0.5, 0.6) is 0 Å². The van der Waals surface area contributed by atoms with Crippen LogP contribution in [-0.4, -0.2) is 29.9 Å². The molecule has 0 saturated heterocycles. The Morgan fingerprint density at radius 1 is 1.16 bits per heavy atom. The van der Waals surface area contributed by atoms with Gasteiger partial charge in [0.2, 0.25) is 0 Å². The van der Waals surface area contributed by atoms with Crippen LogP contribution in [0.2, 0.25) is 0 Å². The van der Waals surface area contributed by atoms with E-state index in [0.717, 1.165) is 5.69 Å². The zero-order valence-corrected chi connectivity index (χ0v) is 10.9. The maximum absolute atomic E-state index is 11.7. The highest BCUT2D eigenvalue weighted by Crippen LogP contribution is 2.16. The third-order valence-electron chi connectivity index (χ3n) is 2.60. The Hall–Kier alpha value is -2.56. The molecule has 19 heavy (non-hydrogen) atoms. The number of carbonyl (C=O) groups is 1. The summed E-state index contributed by atoms with van der Waals surface area (Å²) in [5.41, 5.74) is 7.79. The number of nitrogens with one attached hydrogen (secondary N) is 1. The molecule has 0 fully saturated rings. The minimum Gasteiger partial charge on any atom is -0.399 e. The number of hydrogen-bond donors (Lipinski definition) is 2. The smallest absolute Gasteiger partial charge is 0.254 e. The van der Waals surface area contributed by atoms with Crippen molar-refractivity contribution >= 4 is 23.1 Å². The zero-order chi connectivity index (χ0) is 13.8. The van der Waals surface area contributed by atoms with Gasteiger partial charge in [-0.05, 0) is 36.4 Å². The molecule has 0 spiro atoms. The van der Waals surface area contributed by atoms with Gasteiger partial charge in [-0.15, -0.1) is 0 Å². The second-order valence-electron chi connectivity index (χ2n) is 4.38. The molecule has 2 aromatic rings. The van der Waals surface area contributed by atoms with Crippen molar-refractivity contribution < 1.29 is 4.79 Å². The van der Waals surface area contributed by atoms with Crippen LogP contribution in [-0.2, 0) is 0 Å². The van der Waals surface area contributed by atoms with Crippen molar-refractivity contribution in [2.24, 2.45) is 0 Å². The van der Waals surface area contributed by atoms with Crippen molar-refractivity contribution in [1.29, 1.82) is 0 Å². The Morgan fingerprint density at radius 3 is 2.37 bits per heavy atom. The number of nitrogens with zero attached hydrogens (tertiary/aromatic N) is 2. The van der Waals surface area contributed by atoms with Crippen molar-refractivity contribution in [3.05, 3.63) is 48.2 Å². The molecule has 5 heteroatoms. The summed E-state index contributed by atoms with van der Waals surface area (Å²) in [7, 11) is 3.42. The molecular formula is C14H16N4O. The Balaban J connectivity index is 2.10. The van der Waals surface area contributed by atoms with Crippen molar-refractivity contribution in [2.45, 2.75) is 0 Å². The quantitative estimate of drug-likeness (QED) is 0.825. The van der Waals surface area contributed by atoms with Gasteiger partial charge in [0, 0.05) is 31.7 Å². The molecule has 1 amide bonds. The molecule has 98 valence electrons. The van der Waals surface area contributed by atoms with Gasteiger partial charge in [0.25, 0.3) is 5.91 Å². The van der Waals surface area contributed by atoms with Gasteiger partial charge in [-0.2, -0.15) is 0 Å². The highest BCUT2D eigenvalue weighted by atomic mass is 16.2. The summed E-state index contributed by atoms with van der Waals surface area (Å²) in [4.78, 5) is 17.4. The lowest BCUT2D eigenvalue weighted by molar-refractivity contribution is 0.0827. The summed E-state index contributed by atoms with van der Waals surface area (Å²) in [6, 6.07) is 10.9. The van der Waals surface area contributed by atoms with Crippen LogP contribution in [0.15, 0.2) is 42.6 Å². The van der Waals surface area contributed by atoms with Crippen molar-refractivity contribution in [3.8, 4) is 0 Å². The minimum absolute atomic E-state index is 0.0634. The topological polar surface area (TPSA) is 71.2 Å². The van der Waals surface area contributed by atoms with Crippen LogP contribution in [0.25, 0.3) is 0 Å². The summed E-state index contributed by atoms with van der Waals surface area (Å²) in [5.74, 6) is 0.617. The molecule has 0 radical (unpaired) electrons. The van der Waals surface area contributed by atoms with Gasteiger partial charge >= 0.3 is 0 Å². The van der Waals surface area contributed by atoms with Crippen LogP contribution < -0.4 is 11.1 Å². The average Bonchev–Trinajstić information content (AvgIpc) is 2.41. The first-order chi connectivity index (χ1) is 9.06. The lowest BCUT2D eigenvalue weighted by atomic mass is 10.2. The van der Waals surface area contributed by atoms with Crippen LogP contribution in [0.1, 0.15) is 10.4 Å². The largest absolute Gasteiger partial charge is 0.399 e. The lowest BCUT2D eigenvalue weighted by Gasteiger charge is -2.10. The first-order valence-electron chi connectivity index (χ1n) is 5.86. The van der Waals surface area contributed by atoms with Crippen LogP contribution >= 0.6 is 0 Å². The summed E-state index contributed by atoms with van der Waals surface area (Å²) in [5, 5.41) is 3.13. The van der Waals surface area contributed by atoms with E-state index in [1.165, 1.54) is 4.90 Å². The van der Waals surface area contributed by atoms with Crippen LogP contribution in [0.4, 0.5) is 17.2 Å². The molecule has 2 rings (SSSR count). The number of anilines is 3. The fourth-order valence-corrected chi connectivity index (χ4v) is 1.57. The second kappa shape index (κ2) is 5.39. The van der Waals surface area contributed by atoms with Gasteiger partial charge in [0.15, 0.2) is 0 Å². The number of aromatic nitrogens is 1. The summed E-state index contributed by atoms with van der Waals surface area (Å²) < 4.78 is 0. The number of hydrogen-bond acceptors (Lipinski definition) is 4. The SMILES string of the molecule is CN(C)C(=O)c1ccc(Nc2ccc(N)cc2)nc1. The van der Waals surface area contributed by atoms with E-state index >= 15 is 0 Å². The molecule has 1 aromatic heterocycles. The molecule has 0 saturated carbocycles. The monoisotopic (exact) mass is 256 g/mol. The molecule has 1 heterocycles. The summed E-state index contributed by atoms with van der Waals surface area (Å²) in [6.07, 6.45) is 1.56. The van der Waals surface area contributed by atoms with Gasteiger partial charge in [-0.25, -0.2) is 4.98 Å². The molecule has 0 aliphatic rings. The van der Waals surface area contributed by atoms with E-state index < -0.39 is 0 Å². The number of nitrogens with two attached hydrogens (primary N) is 1. The number of nitrogen functional groups attached to an aromatic ring is 1. The molecule has 3 N–H and O–H groups in total. The van der Waals surface area contributed by atoms with Crippen LogP contribution in [0, 0.1) is 0 Å². The fourth-order valence-electron chi connectivity index (χ4n) is 1.57. The third-order valence-corrected chi connectivity index (χ3v) is 2.60. The number of amides is 1. The normalized spacial score (nSPS) is 10.0. The van der Waals surface area contributed by atoms with Crippen molar-refractivity contribution in [1.82, 2.24) is 9.88 Å². The third kappa shape index (κ3) is 3.22. The van der Waals surface area contributed by atoms with Crippen molar-refractivity contribution in [2.75, 3.05) is 25.1 Å². The highest BCUT2D eigenvalue weighted by molar-refractivity contribution is 5.93. The first kappa shape index (κ1) is 12.9. The van der Waals surface area contributed by atoms with Gasteiger partial charge < -0.3 is 16.0 Å². The molecule has 0 aliphatic heterocycles. The zero-order valence-electron chi connectivity index (χ0n) is 10.9. The summed E-state index contributed by atoms with van der Waals surface area (Å²) >= 11 is 0. The molecule has 0 atom stereocenters. The maximum atomic E-state index is 11.7.